The Morgan fingerprint density at radius 3 is 2.68 bits per heavy atom. The molecule has 5 nitrogen and oxygen atoms in total. The second-order valence-corrected chi connectivity index (χ2v) is 7.04. The molecule has 3 aromatic rings. The van der Waals surface area contributed by atoms with Gasteiger partial charge in [0.1, 0.15) is 5.82 Å². The first-order valence-electron chi connectivity index (χ1n) is 8.09. The van der Waals surface area contributed by atoms with Gasteiger partial charge in [-0.1, -0.05) is 12.1 Å². The van der Waals surface area contributed by atoms with Crippen LogP contribution in [0, 0.1) is 13.8 Å². The van der Waals surface area contributed by atoms with Gasteiger partial charge in [-0.3, -0.25) is 4.99 Å². The van der Waals surface area contributed by atoms with Gasteiger partial charge in [0.05, 0.1) is 17.6 Å². The zero-order chi connectivity index (χ0) is 16.9. The lowest BCUT2D eigenvalue weighted by atomic mass is 10.3. The van der Waals surface area contributed by atoms with E-state index in [0.29, 0.717) is 0 Å². The van der Waals surface area contributed by atoms with Crippen molar-refractivity contribution < 1.29 is 0 Å². The lowest BCUT2D eigenvalue weighted by Gasteiger charge is -2.12. The van der Waals surface area contributed by atoms with Crippen LogP contribution >= 0.6 is 35.3 Å². The number of hydrogen-bond donors (Lipinski definition) is 2. The molecule has 0 aliphatic heterocycles. The van der Waals surface area contributed by atoms with Crippen LogP contribution < -0.4 is 10.6 Å². The zero-order valence-corrected chi connectivity index (χ0v) is 17.9. The SMILES string of the molecule is CN=C(NCCn1c(C)nc2ccccc21)NCc1ccc(C)s1.I. The molecule has 0 fully saturated rings. The number of nitrogens with zero attached hydrogens (tertiary/aromatic N) is 3. The molecule has 0 amide bonds. The third-order valence-electron chi connectivity index (χ3n) is 3.92. The summed E-state index contributed by atoms with van der Waals surface area (Å²) in [6.07, 6.45) is 0. The van der Waals surface area contributed by atoms with Crippen LogP contribution in [0.3, 0.4) is 0 Å². The van der Waals surface area contributed by atoms with E-state index >= 15 is 0 Å². The molecule has 2 heterocycles. The van der Waals surface area contributed by atoms with Gasteiger partial charge in [0.25, 0.3) is 0 Å². The molecule has 3 rings (SSSR count). The molecule has 2 aromatic heterocycles. The minimum absolute atomic E-state index is 0. The van der Waals surface area contributed by atoms with E-state index in [-0.39, 0.29) is 24.0 Å². The molecule has 0 saturated carbocycles. The predicted molar refractivity (Wildman–Crippen MR) is 117 cm³/mol. The van der Waals surface area contributed by atoms with E-state index in [4.69, 9.17) is 0 Å². The maximum absolute atomic E-state index is 4.60. The quantitative estimate of drug-likeness (QED) is 0.341. The van der Waals surface area contributed by atoms with E-state index in [9.17, 15) is 0 Å². The third-order valence-corrected chi connectivity index (χ3v) is 4.92. The van der Waals surface area contributed by atoms with Gasteiger partial charge in [-0.05, 0) is 38.1 Å². The van der Waals surface area contributed by atoms with Crippen LogP contribution in [0.2, 0.25) is 0 Å². The van der Waals surface area contributed by atoms with Gasteiger partial charge in [-0.25, -0.2) is 4.98 Å². The molecule has 1 aromatic carbocycles. The Morgan fingerprint density at radius 1 is 1.16 bits per heavy atom. The first-order valence-corrected chi connectivity index (χ1v) is 8.90. The molecule has 0 aliphatic rings. The Kier molecular flexibility index (Phi) is 7.24. The number of thiophene rings is 1. The second kappa shape index (κ2) is 9.19. The summed E-state index contributed by atoms with van der Waals surface area (Å²) in [5, 5.41) is 6.73. The highest BCUT2D eigenvalue weighted by atomic mass is 127. The van der Waals surface area contributed by atoms with Gasteiger partial charge in [0.15, 0.2) is 5.96 Å². The number of halogens is 1. The number of benzene rings is 1. The fourth-order valence-corrected chi connectivity index (χ4v) is 3.57. The van der Waals surface area contributed by atoms with E-state index in [1.165, 1.54) is 15.3 Å². The molecule has 25 heavy (non-hydrogen) atoms. The summed E-state index contributed by atoms with van der Waals surface area (Å²) in [5.74, 6) is 1.86. The van der Waals surface area contributed by atoms with Crippen molar-refractivity contribution in [2.45, 2.75) is 26.9 Å². The number of nitrogens with one attached hydrogen (secondary N) is 2. The smallest absolute Gasteiger partial charge is 0.191 e. The Bertz CT molecular complexity index is 852. The van der Waals surface area contributed by atoms with Crippen LogP contribution in [-0.4, -0.2) is 29.1 Å². The summed E-state index contributed by atoms with van der Waals surface area (Å²) in [6.45, 7) is 6.62. The average molecular weight is 469 g/mol. The number of imidazole rings is 1. The molecular weight excluding hydrogens is 445 g/mol. The fraction of sp³-hybridized carbons (Fsp3) is 0.333. The lowest BCUT2D eigenvalue weighted by molar-refractivity contribution is 0.660. The molecule has 134 valence electrons. The minimum Gasteiger partial charge on any atom is -0.355 e. The van der Waals surface area contributed by atoms with Crippen molar-refractivity contribution in [3.63, 3.8) is 0 Å². The highest BCUT2D eigenvalue weighted by molar-refractivity contribution is 14.0. The van der Waals surface area contributed by atoms with Crippen LogP contribution in [0.1, 0.15) is 15.6 Å². The Hall–Kier alpha value is -1.61. The lowest BCUT2D eigenvalue weighted by Crippen LogP contribution is -2.38. The van der Waals surface area contributed by atoms with Crippen molar-refractivity contribution in [3.8, 4) is 0 Å². The Balaban J connectivity index is 0.00000225. The first-order chi connectivity index (χ1) is 11.7. The van der Waals surface area contributed by atoms with E-state index in [1.807, 2.05) is 24.3 Å². The second-order valence-electron chi connectivity index (χ2n) is 5.66. The summed E-state index contributed by atoms with van der Waals surface area (Å²) in [7, 11) is 1.80. The summed E-state index contributed by atoms with van der Waals surface area (Å²) in [5.41, 5.74) is 2.22. The standard InChI is InChI=1S/C18H23N5S.HI/c1-13-8-9-15(24-13)12-21-18(19-3)20-10-11-23-14(2)22-16-6-4-5-7-17(16)23;/h4-9H,10-12H2,1-3H3,(H2,19,20,21);1H. The van der Waals surface area contributed by atoms with Crippen LogP contribution in [0.4, 0.5) is 0 Å². The molecule has 0 unspecified atom stereocenters. The van der Waals surface area contributed by atoms with Crippen molar-refractivity contribution in [1.29, 1.82) is 0 Å². The van der Waals surface area contributed by atoms with E-state index < -0.39 is 0 Å². The highest BCUT2D eigenvalue weighted by Crippen LogP contribution is 2.15. The Morgan fingerprint density at radius 2 is 1.96 bits per heavy atom. The van der Waals surface area contributed by atoms with Crippen molar-refractivity contribution in [3.05, 3.63) is 52.0 Å². The van der Waals surface area contributed by atoms with Crippen LogP contribution in [0.15, 0.2) is 41.4 Å². The van der Waals surface area contributed by atoms with Gasteiger partial charge >= 0.3 is 0 Å². The average Bonchev–Trinajstić information content (AvgIpc) is 3.14. The minimum atomic E-state index is 0. The van der Waals surface area contributed by atoms with Gasteiger partial charge in [-0.15, -0.1) is 35.3 Å². The van der Waals surface area contributed by atoms with Crippen molar-refractivity contribution in [2.75, 3.05) is 13.6 Å². The molecule has 0 radical (unpaired) electrons. The number of rotatable bonds is 5. The topological polar surface area (TPSA) is 54.2 Å². The van der Waals surface area contributed by atoms with E-state index in [2.05, 4.69) is 62.4 Å². The molecule has 2 N–H and O–H groups in total. The number of hydrogen-bond acceptors (Lipinski definition) is 3. The van der Waals surface area contributed by atoms with Crippen molar-refractivity contribution in [1.82, 2.24) is 20.2 Å². The molecule has 0 bridgehead atoms. The van der Waals surface area contributed by atoms with Crippen molar-refractivity contribution >= 4 is 52.3 Å². The summed E-state index contributed by atoms with van der Waals surface area (Å²) < 4.78 is 2.23. The molecule has 0 saturated heterocycles. The molecule has 0 atom stereocenters. The summed E-state index contributed by atoms with van der Waals surface area (Å²) >= 11 is 1.81. The number of aliphatic imine (C=N–C) groups is 1. The number of guanidine groups is 1. The Labute approximate surface area is 169 Å². The highest BCUT2D eigenvalue weighted by Gasteiger charge is 2.06. The molecule has 7 heteroatoms. The predicted octanol–water partition coefficient (Wildman–Crippen LogP) is 3.70. The summed E-state index contributed by atoms with van der Waals surface area (Å²) in [4.78, 5) is 11.5. The molecule has 0 spiro atoms. The van der Waals surface area contributed by atoms with Crippen LogP contribution in [-0.2, 0) is 13.1 Å². The van der Waals surface area contributed by atoms with Gasteiger partial charge in [-0.2, -0.15) is 0 Å². The molecular formula is C18H24IN5S. The number of aromatic nitrogens is 2. The first kappa shape index (κ1) is 19.7. The fourth-order valence-electron chi connectivity index (χ4n) is 2.74. The zero-order valence-electron chi connectivity index (χ0n) is 14.7. The number of para-hydroxylation sites is 2. The maximum Gasteiger partial charge on any atom is 0.191 e. The largest absolute Gasteiger partial charge is 0.355 e. The molecule has 0 aliphatic carbocycles. The third kappa shape index (κ3) is 4.94. The number of fused-ring (bicyclic) bond motifs is 1. The van der Waals surface area contributed by atoms with Gasteiger partial charge in [0, 0.05) is 29.9 Å². The maximum atomic E-state index is 4.60. The van der Waals surface area contributed by atoms with Crippen molar-refractivity contribution in [2.24, 2.45) is 4.99 Å². The van der Waals surface area contributed by atoms with E-state index in [0.717, 1.165) is 36.9 Å². The van der Waals surface area contributed by atoms with Gasteiger partial charge in [0.2, 0.25) is 0 Å². The summed E-state index contributed by atoms with van der Waals surface area (Å²) in [6, 6.07) is 12.5. The van der Waals surface area contributed by atoms with Gasteiger partial charge < -0.3 is 15.2 Å². The van der Waals surface area contributed by atoms with E-state index in [1.54, 1.807) is 7.05 Å². The monoisotopic (exact) mass is 469 g/mol. The van der Waals surface area contributed by atoms with Crippen LogP contribution in [0.5, 0.6) is 0 Å². The normalized spacial score (nSPS) is 11.4. The number of aryl methyl sites for hydroxylation is 2. The van der Waals surface area contributed by atoms with Crippen LogP contribution in [0.25, 0.3) is 11.0 Å².